The molecule has 0 aliphatic carbocycles. The van der Waals surface area contributed by atoms with Gasteiger partial charge in [0.25, 0.3) is 5.91 Å². The molecular weight excluding hydrogens is 240 g/mol. The maximum Gasteiger partial charge on any atom is 0.252 e. The number of hydrogen-bond acceptors (Lipinski definition) is 3. The lowest BCUT2D eigenvalue weighted by molar-refractivity contribution is -0.123. The van der Waals surface area contributed by atoms with Gasteiger partial charge in [-0.1, -0.05) is 25.1 Å². The summed E-state index contributed by atoms with van der Waals surface area (Å²) in [5.41, 5.74) is 8.04. The van der Waals surface area contributed by atoms with E-state index in [0.717, 1.165) is 31.5 Å². The van der Waals surface area contributed by atoms with Gasteiger partial charge in [-0.3, -0.25) is 4.79 Å². The molecule has 1 aromatic carbocycles. The number of para-hydroxylation sites is 1. The molecule has 0 aromatic heterocycles. The number of carbonyl (C=O) groups is 1. The third-order valence-corrected chi connectivity index (χ3v) is 3.49. The molecule has 4 heteroatoms. The fraction of sp³-hybridized carbons (Fsp3) is 0.533. The highest BCUT2D eigenvalue weighted by Crippen LogP contribution is 2.26. The Morgan fingerprint density at radius 1 is 1.47 bits per heavy atom. The maximum atomic E-state index is 12.2. The van der Waals surface area contributed by atoms with Gasteiger partial charge in [0.2, 0.25) is 0 Å². The quantitative estimate of drug-likeness (QED) is 0.879. The topological polar surface area (TPSA) is 55.6 Å². The van der Waals surface area contributed by atoms with Crippen LogP contribution in [0.2, 0.25) is 0 Å². The monoisotopic (exact) mass is 262 g/mol. The Labute approximate surface area is 114 Å². The first-order valence-electron chi connectivity index (χ1n) is 6.94. The molecule has 1 atom stereocenters. The Morgan fingerprint density at radius 3 is 3.05 bits per heavy atom. The average molecular weight is 262 g/mol. The first-order chi connectivity index (χ1) is 9.22. The SMILES string of the molecule is CCC(N)COCC(=O)N1CCCc2ccccc21. The third kappa shape index (κ3) is 3.55. The molecule has 0 saturated heterocycles. The number of carbonyl (C=O) groups excluding carboxylic acids is 1. The van der Waals surface area contributed by atoms with E-state index in [0.29, 0.717) is 6.61 Å². The van der Waals surface area contributed by atoms with E-state index in [4.69, 9.17) is 10.5 Å². The number of nitrogens with zero attached hydrogens (tertiary/aromatic N) is 1. The van der Waals surface area contributed by atoms with Gasteiger partial charge in [-0.05, 0) is 30.9 Å². The van der Waals surface area contributed by atoms with Gasteiger partial charge >= 0.3 is 0 Å². The van der Waals surface area contributed by atoms with Crippen molar-refractivity contribution in [3.05, 3.63) is 29.8 Å². The van der Waals surface area contributed by atoms with Crippen LogP contribution >= 0.6 is 0 Å². The zero-order chi connectivity index (χ0) is 13.7. The van der Waals surface area contributed by atoms with Crippen molar-refractivity contribution in [3.8, 4) is 0 Å². The lowest BCUT2D eigenvalue weighted by atomic mass is 10.0. The Balaban J connectivity index is 1.93. The number of aryl methyl sites for hydroxylation is 1. The highest BCUT2D eigenvalue weighted by Gasteiger charge is 2.21. The summed E-state index contributed by atoms with van der Waals surface area (Å²) in [6.07, 6.45) is 2.92. The van der Waals surface area contributed by atoms with E-state index in [9.17, 15) is 4.79 Å². The minimum Gasteiger partial charge on any atom is -0.370 e. The van der Waals surface area contributed by atoms with Crippen LogP contribution in [0.5, 0.6) is 0 Å². The average Bonchev–Trinajstić information content (AvgIpc) is 2.46. The van der Waals surface area contributed by atoms with Crippen LogP contribution in [0.1, 0.15) is 25.3 Å². The molecule has 2 rings (SSSR count). The highest BCUT2D eigenvalue weighted by atomic mass is 16.5. The minimum absolute atomic E-state index is 0.0152. The van der Waals surface area contributed by atoms with Gasteiger partial charge in [0.1, 0.15) is 6.61 Å². The molecule has 19 heavy (non-hydrogen) atoms. The van der Waals surface area contributed by atoms with E-state index in [2.05, 4.69) is 6.07 Å². The number of amides is 1. The standard InChI is InChI=1S/C15H22N2O2/c1-2-13(16)10-19-11-15(18)17-9-5-7-12-6-3-4-8-14(12)17/h3-4,6,8,13H,2,5,7,9-11,16H2,1H3. The normalized spacial score (nSPS) is 16.0. The van der Waals surface area contributed by atoms with E-state index in [1.807, 2.05) is 30.0 Å². The summed E-state index contributed by atoms with van der Waals surface area (Å²) in [4.78, 5) is 14.0. The molecular formula is C15H22N2O2. The smallest absolute Gasteiger partial charge is 0.252 e. The Hall–Kier alpha value is -1.39. The van der Waals surface area contributed by atoms with Crippen molar-refractivity contribution >= 4 is 11.6 Å². The van der Waals surface area contributed by atoms with Crippen molar-refractivity contribution in [2.45, 2.75) is 32.2 Å². The Bertz CT molecular complexity index is 434. The number of fused-ring (bicyclic) bond motifs is 1. The van der Waals surface area contributed by atoms with E-state index >= 15 is 0 Å². The maximum absolute atomic E-state index is 12.2. The number of nitrogens with two attached hydrogens (primary N) is 1. The van der Waals surface area contributed by atoms with Gasteiger partial charge < -0.3 is 15.4 Å². The third-order valence-electron chi connectivity index (χ3n) is 3.49. The van der Waals surface area contributed by atoms with Crippen LogP contribution in [-0.2, 0) is 16.0 Å². The van der Waals surface area contributed by atoms with Crippen molar-refractivity contribution < 1.29 is 9.53 Å². The van der Waals surface area contributed by atoms with Crippen LogP contribution in [0, 0.1) is 0 Å². The molecule has 2 N–H and O–H groups in total. The largest absolute Gasteiger partial charge is 0.370 e. The van der Waals surface area contributed by atoms with E-state index in [1.54, 1.807) is 0 Å². The van der Waals surface area contributed by atoms with E-state index in [-0.39, 0.29) is 18.6 Å². The summed E-state index contributed by atoms with van der Waals surface area (Å²) in [5.74, 6) is 0.0236. The predicted molar refractivity (Wildman–Crippen MR) is 76.2 cm³/mol. The molecule has 1 aliphatic heterocycles. The van der Waals surface area contributed by atoms with Gasteiger partial charge in [-0.15, -0.1) is 0 Å². The number of hydrogen-bond donors (Lipinski definition) is 1. The van der Waals surface area contributed by atoms with Crippen LogP contribution in [-0.4, -0.2) is 31.7 Å². The summed E-state index contributed by atoms with van der Waals surface area (Å²) in [6, 6.07) is 8.09. The second-order valence-electron chi connectivity index (χ2n) is 4.96. The minimum atomic E-state index is 0.0152. The fourth-order valence-electron chi connectivity index (χ4n) is 2.29. The van der Waals surface area contributed by atoms with Crippen LogP contribution in [0.3, 0.4) is 0 Å². The molecule has 1 amide bonds. The number of anilines is 1. The van der Waals surface area contributed by atoms with Gasteiger partial charge in [0.05, 0.1) is 6.61 Å². The number of benzene rings is 1. The zero-order valence-electron chi connectivity index (χ0n) is 11.5. The van der Waals surface area contributed by atoms with Crippen molar-refractivity contribution in [1.29, 1.82) is 0 Å². The summed E-state index contributed by atoms with van der Waals surface area (Å²) in [6.45, 7) is 3.34. The van der Waals surface area contributed by atoms with Gasteiger partial charge in [0, 0.05) is 18.3 Å². The van der Waals surface area contributed by atoms with Crippen LogP contribution in [0.15, 0.2) is 24.3 Å². The second-order valence-corrected chi connectivity index (χ2v) is 4.96. The molecule has 1 unspecified atom stereocenters. The lowest BCUT2D eigenvalue weighted by Crippen LogP contribution is -2.38. The molecule has 0 fully saturated rings. The van der Waals surface area contributed by atoms with Gasteiger partial charge in [-0.2, -0.15) is 0 Å². The summed E-state index contributed by atoms with van der Waals surface area (Å²) in [5, 5.41) is 0. The first-order valence-corrected chi connectivity index (χ1v) is 6.94. The van der Waals surface area contributed by atoms with Crippen LogP contribution < -0.4 is 10.6 Å². The highest BCUT2D eigenvalue weighted by molar-refractivity contribution is 5.95. The molecule has 1 heterocycles. The van der Waals surface area contributed by atoms with Gasteiger partial charge in [-0.25, -0.2) is 0 Å². The molecule has 0 saturated carbocycles. The van der Waals surface area contributed by atoms with Crippen molar-refractivity contribution in [2.24, 2.45) is 5.73 Å². The van der Waals surface area contributed by atoms with Crippen molar-refractivity contribution in [2.75, 3.05) is 24.7 Å². The number of ether oxygens (including phenoxy) is 1. The molecule has 1 aliphatic rings. The molecule has 4 nitrogen and oxygen atoms in total. The zero-order valence-corrected chi connectivity index (χ0v) is 11.5. The lowest BCUT2D eigenvalue weighted by Gasteiger charge is -2.29. The fourth-order valence-corrected chi connectivity index (χ4v) is 2.29. The predicted octanol–water partition coefficient (Wildman–Crippen LogP) is 1.72. The first kappa shape index (κ1) is 14.0. The Morgan fingerprint density at radius 2 is 2.26 bits per heavy atom. The Kier molecular flexibility index (Phi) is 4.93. The van der Waals surface area contributed by atoms with E-state index in [1.165, 1.54) is 5.56 Å². The van der Waals surface area contributed by atoms with Crippen molar-refractivity contribution in [1.82, 2.24) is 0 Å². The molecule has 0 radical (unpaired) electrons. The molecule has 104 valence electrons. The second kappa shape index (κ2) is 6.68. The van der Waals surface area contributed by atoms with Crippen molar-refractivity contribution in [3.63, 3.8) is 0 Å². The molecule has 0 bridgehead atoms. The molecule has 0 spiro atoms. The summed E-state index contributed by atoms with van der Waals surface area (Å²) < 4.78 is 5.40. The van der Waals surface area contributed by atoms with Crippen LogP contribution in [0.4, 0.5) is 5.69 Å². The van der Waals surface area contributed by atoms with Crippen LogP contribution in [0.25, 0.3) is 0 Å². The van der Waals surface area contributed by atoms with Gasteiger partial charge in [0.15, 0.2) is 0 Å². The number of rotatable bonds is 5. The molecule has 1 aromatic rings. The summed E-state index contributed by atoms with van der Waals surface area (Å²) >= 11 is 0. The van der Waals surface area contributed by atoms with E-state index < -0.39 is 0 Å². The summed E-state index contributed by atoms with van der Waals surface area (Å²) in [7, 11) is 0.